The molecule has 1 fully saturated rings. The van der Waals surface area contributed by atoms with Gasteiger partial charge in [0.1, 0.15) is 5.82 Å². The molecule has 1 saturated heterocycles. The van der Waals surface area contributed by atoms with Gasteiger partial charge in [0.15, 0.2) is 0 Å². The minimum absolute atomic E-state index is 0.542. The van der Waals surface area contributed by atoms with Gasteiger partial charge in [0.25, 0.3) is 0 Å². The van der Waals surface area contributed by atoms with E-state index in [-0.39, 0.29) is 0 Å². The Morgan fingerprint density at radius 2 is 2.24 bits per heavy atom. The smallest absolute Gasteiger partial charge is 0.131 e. The van der Waals surface area contributed by atoms with Crippen molar-refractivity contribution < 1.29 is 0 Å². The minimum Gasteiger partial charge on any atom is -0.353 e. The average molecular weight is 253 g/mol. The van der Waals surface area contributed by atoms with Crippen molar-refractivity contribution >= 4 is 17.4 Å². The summed E-state index contributed by atoms with van der Waals surface area (Å²) in [6, 6.07) is 2.73. The fourth-order valence-electron chi connectivity index (χ4n) is 2.63. The summed E-state index contributed by atoms with van der Waals surface area (Å²) in [6.07, 6.45) is 4.50. The molecule has 0 bridgehead atoms. The number of anilines is 1. The molecule has 0 saturated carbocycles. The standard InChI is InChI=1S/C14H21ClN2/c1-10-5-4-6-17(12(10)3)14-11(2)7-13(8-15)9-16-14/h7,9-10,12H,4-6,8H2,1-3H3. The van der Waals surface area contributed by atoms with Crippen LogP contribution in [0.1, 0.15) is 37.8 Å². The summed E-state index contributed by atoms with van der Waals surface area (Å²) >= 11 is 5.84. The van der Waals surface area contributed by atoms with Crippen LogP contribution in [0.5, 0.6) is 0 Å². The van der Waals surface area contributed by atoms with Crippen molar-refractivity contribution in [2.75, 3.05) is 11.4 Å². The molecule has 1 aliphatic rings. The van der Waals surface area contributed by atoms with E-state index < -0.39 is 0 Å². The fraction of sp³-hybridized carbons (Fsp3) is 0.643. The molecule has 2 atom stereocenters. The van der Waals surface area contributed by atoms with E-state index in [1.54, 1.807) is 0 Å². The molecule has 1 aromatic heterocycles. The van der Waals surface area contributed by atoms with E-state index in [0.717, 1.165) is 23.8 Å². The van der Waals surface area contributed by atoms with Crippen LogP contribution in [0.15, 0.2) is 12.3 Å². The number of hydrogen-bond acceptors (Lipinski definition) is 2. The van der Waals surface area contributed by atoms with Gasteiger partial charge < -0.3 is 4.90 Å². The zero-order chi connectivity index (χ0) is 12.4. The third kappa shape index (κ3) is 2.57. The molecule has 0 amide bonds. The van der Waals surface area contributed by atoms with E-state index in [0.29, 0.717) is 11.9 Å². The van der Waals surface area contributed by atoms with E-state index in [1.165, 1.54) is 18.4 Å². The monoisotopic (exact) mass is 252 g/mol. The third-order valence-electron chi connectivity index (χ3n) is 3.91. The number of piperidine rings is 1. The third-order valence-corrected chi connectivity index (χ3v) is 4.22. The summed E-state index contributed by atoms with van der Waals surface area (Å²) in [4.78, 5) is 7.05. The van der Waals surface area contributed by atoms with Crippen LogP contribution in [-0.2, 0) is 5.88 Å². The highest BCUT2D eigenvalue weighted by Crippen LogP contribution is 2.29. The number of halogens is 1. The topological polar surface area (TPSA) is 16.1 Å². The van der Waals surface area contributed by atoms with Gasteiger partial charge in [0.05, 0.1) is 0 Å². The Labute approximate surface area is 109 Å². The van der Waals surface area contributed by atoms with Crippen LogP contribution in [0.2, 0.25) is 0 Å². The Morgan fingerprint density at radius 3 is 2.88 bits per heavy atom. The molecule has 2 rings (SSSR count). The summed E-state index contributed by atoms with van der Waals surface area (Å²) in [5.41, 5.74) is 2.34. The molecule has 3 heteroatoms. The number of aromatic nitrogens is 1. The van der Waals surface area contributed by atoms with Crippen molar-refractivity contribution in [2.24, 2.45) is 5.92 Å². The Morgan fingerprint density at radius 1 is 1.47 bits per heavy atom. The molecule has 94 valence electrons. The lowest BCUT2D eigenvalue weighted by Gasteiger charge is -2.39. The Kier molecular flexibility index (Phi) is 3.93. The number of aryl methyl sites for hydroxylation is 1. The summed E-state index contributed by atoms with van der Waals surface area (Å²) in [5, 5.41) is 0. The van der Waals surface area contributed by atoms with Crippen molar-refractivity contribution in [1.82, 2.24) is 4.98 Å². The van der Waals surface area contributed by atoms with Crippen LogP contribution in [0, 0.1) is 12.8 Å². The molecule has 17 heavy (non-hydrogen) atoms. The maximum Gasteiger partial charge on any atom is 0.131 e. The van der Waals surface area contributed by atoms with Crippen molar-refractivity contribution in [3.8, 4) is 0 Å². The van der Waals surface area contributed by atoms with Gasteiger partial charge in [-0.1, -0.05) is 6.92 Å². The van der Waals surface area contributed by atoms with Crippen LogP contribution in [-0.4, -0.2) is 17.6 Å². The zero-order valence-electron chi connectivity index (χ0n) is 10.9. The van der Waals surface area contributed by atoms with Crippen LogP contribution in [0.3, 0.4) is 0 Å². The highest BCUT2D eigenvalue weighted by molar-refractivity contribution is 6.17. The van der Waals surface area contributed by atoms with Crippen LogP contribution < -0.4 is 4.90 Å². The predicted molar refractivity (Wildman–Crippen MR) is 73.7 cm³/mol. The summed E-state index contributed by atoms with van der Waals surface area (Å²) in [7, 11) is 0. The van der Waals surface area contributed by atoms with Gasteiger partial charge in [0, 0.05) is 24.7 Å². The Bertz CT molecular complexity index is 392. The molecule has 1 aromatic rings. The summed E-state index contributed by atoms with van der Waals surface area (Å²) in [6.45, 7) is 7.89. The highest BCUT2D eigenvalue weighted by atomic mass is 35.5. The van der Waals surface area contributed by atoms with E-state index >= 15 is 0 Å². The second-order valence-corrected chi connectivity index (χ2v) is 5.44. The summed E-state index contributed by atoms with van der Waals surface area (Å²) in [5.74, 6) is 2.43. The number of alkyl halides is 1. The molecule has 0 aliphatic carbocycles. The molecule has 1 aliphatic heterocycles. The molecule has 0 aromatic carbocycles. The number of hydrogen-bond donors (Lipinski definition) is 0. The molecule has 2 unspecified atom stereocenters. The van der Waals surface area contributed by atoms with E-state index in [1.807, 2.05) is 6.20 Å². The highest BCUT2D eigenvalue weighted by Gasteiger charge is 2.26. The molecule has 0 spiro atoms. The van der Waals surface area contributed by atoms with Crippen molar-refractivity contribution in [3.63, 3.8) is 0 Å². The zero-order valence-corrected chi connectivity index (χ0v) is 11.7. The first-order valence-corrected chi connectivity index (χ1v) is 6.95. The van der Waals surface area contributed by atoms with Crippen molar-refractivity contribution in [3.05, 3.63) is 23.4 Å². The quantitative estimate of drug-likeness (QED) is 0.746. The first-order chi connectivity index (χ1) is 8.13. The number of pyridine rings is 1. The molecular weight excluding hydrogens is 232 g/mol. The molecule has 2 nitrogen and oxygen atoms in total. The second kappa shape index (κ2) is 5.26. The lowest BCUT2D eigenvalue weighted by atomic mass is 9.92. The van der Waals surface area contributed by atoms with E-state index in [2.05, 4.69) is 36.7 Å². The average Bonchev–Trinajstić information content (AvgIpc) is 2.33. The van der Waals surface area contributed by atoms with Crippen LogP contribution in [0.4, 0.5) is 5.82 Å². The number of rotatable bonds is 2. The van der Waals surface area contributed by atoms with Gasteiger partial charge in [-0.05, 0) is 49.8 Å². The lowest BCUT2D eigenvalue weighted by Crippen LogP contribution is -2.43. The predicted octanol–water partition coefficient (Wildman–Crippen LogP) is 3.75. The minimum atomic E-state index is 0.542. The number of nitrogens with zero attached hydrogens (tertiary/aromatic N) is 2. The Hall–Kier alpha value is -0.760. The van der Waals surface area contributed by atoms with E-state index in [9.17, 15) is 0 Å². The van der Waals surface area contributed by atoms with Gasteiger partial charge in [-0.25, -0.2) is 4.98 Å². The Balaban J connectivity index is 2.27. The maximum absolute atomic E-state index is 5.84. The molecule has 0 radical (unpaired) electrons. The van der Waals surface area contributed by atoms with Crippen molar-refractivity contribution in [2.45, 2.75) is 45.5 Å². The molecular formula is C14H21ClN2. The van der Waals surface area contributed by atoms with Crippen LogP contribution in [0.25, 0.3) is 0 Å². The summed E-state index contributed by atoms with van der Waals surface area (Å²) < 4.78 is 0. The normalized spacial score (nSPS) is 25.1. The van der Waals surface area contributed by atoms with Gasteiger partial charge in [-0.3, -0.25) is 0 Å². The molecule has 2 heterocycles. The van der Waals surface area contributed by atoms with Gasteiger partial charge >= 0.3 is 0 Å². The van der Waals surface area contributed by atoms with Gasteiger partial charge in [-0.15, -0.1) is 11.6 Å². The largest absolute Gasteiger partial charge is 0.353 e. The first-order valence-electron chi connectivity index (χ1n) is 6.41. The maximum atomic E-state index is 5.84. The lowest BCUT2D eigenvalue weighted by molar-refractivity contribution is 0.361. The fourth-order valence-corrected chi connectivity index (χ4v) is 2.78. The van der Waals surface area contributed by atoms with Crippen LogP contribution >= 0.6 is 11.6 Å². The van der Waals surface area contributed by atoms with E-state index in [4.69, 9.17) is 11.6 Å². The van der Waals surface area contributed by atoms with Crippen molar-refractivity contribution in [1.29, 1.82) is 0 Å². The molecule has 0 N–H and O–H groups in total. The SMILES string of the molecule is Cc1cc(CCl)cnc1N1CCCC(C)C1C. The van der Waals surface area contributed by atoms with Gasteiger partial charge in [0.2, 0.25) is 0 Å². The second-order valence-electron chi connectivity index (χ2n) is 5.17. The first kappa shape index (κ1) is 12.7. The van der Waals surface area contributed by atoms with Gasteiger partial charge in [-0.2, -0.15) is 0 Å².